The monoisotopic (exact) mass is 604 g/mol. The van der Waals surface area contributed by atoms with E-state index in [-0.39, 0.29) is 23.1 Å². The summed E-state index contributed by atoms with van der Waals surface area (Å²) in [5.41, 5.74) is 6.36. The number of carbonyl (C=O) groups excluding carboxylic acids is 1. The maximum atomic E-state index is 14.2. The van der Waals surface area contributed by atoms with Gasteiger partial charge in [0, 0.05) is 12.0 Å². The first-order valence-corrected chi connectivity index (χ1v) is 17.5. The molecule has 3 rings (SSSR count). The van der Waals surface area contributed by atoms with Gasteiger partial charge in [-0.25, -0.2) is 8.42 Å². The lowest BCUT2D eigenvalue weighted by Gasteiger charge is -2.36. The number of hydrogen-bond donors (Lipinski definition) is 2. The fourth-order valence-corrected chi connectivity index (χ4v) is 8.26. The number of ether oxygens (including phenoxy) is 2. The molecule has 0 bridgehead atoms. The van der Waals surface area contributed by atoms with Gasteiger partial charge in [-0.05, 0) is 80.9 Å². The van der Waals surface area contributed by atoms with E-state index in [9.17, 15) is 13.2 Å². The van der Waals surface area contributed by atoms with Crippen molar-refractivity contribution in [1.82, 2.24) is 5.32 Å². The third-order valence-electron chi connectivity index (χ3n) is 7.86. The SMILES string of the molecule is CCCC[C@]1(CC)CS(=O)(=O)c2cc(C[C@](N)(CCSC)C(=O)OC(C)(C)C)c(OC)cc2[C@@H](c2ccccc2)N1. The molecule has 1 aliphatic heterocycles. The molecule has 228 valence electrons. The minimum Gasteiger partial charge on any atom is -0.496 e. The second kappa shape index (κ2) is 13.5. The number of unbranched alkanes of at least 4 members (excludes halogenated alkanes) is 1. The van der Waals surface area contributed by atoms with Crippen LogP contribution in [0.3, 0.4) is 0 Å². The molecule has 41 heavy (non-hydrogen) atoms. The van der Waals surface area contributed by atoms with E-state index in [1.54, 1.807) is 24.9 Å². The van der Waals surface area contributed by atoms with Gasteiger partial charge in [-0.15, -0.1) is 0 Å². The van der Waals surface area contributed by atoms with E-state index in [0.717, 1.165) is 24.8 Å². The van der Waals surface area contributed by atoms with Gasteiger partial charge in [-0.2, -0.15) is 11.8 Å². The largest absolute Gasteiger partial charge is 0.496 e. The highest BCUT2D eigenvalue weighted by molar-refractivity contribution is 7.98. The number of sulfone groups is 1. The molecule has 7 nitrogen and oxygen atoms in total. The van der Waals surface area contributed by atoms with E-state index >= 15 is 0 Å². The van der Waals surface area contributed by atoms with Crippen LogP contribution in [0.4, 0.5) is 0 Å². The smallest absolute Gasteiger partial charge is 0.327 e. The predicted molar refractivity (Wildman–Crippen MR) is 168 cm³/mol. The Morgan fingerprint density at radius 1 is 1.17 bits per heavy atom. The van der Waals surface area contributed by atoms with Crippen LogP contribution in [0.2, 0.25) is 0 Å². The van der Waals surface area contributed by atoms with Crippen LogP contribution >= 0.6 is 11.8 Å². The Morgan fingerprint density at radius 3 is 2.41 bits per heavy atom. The number of nitrogens with one attached hydrogen (secondary N) is 1. The molecule has 0 radical (unpaired) electrons. The first-order valence-electron chi connectivity index (χ1n) is 14.5. The molecule has 0 saturated carbocycles. The number of hydrogen-bond acceptors (Lipinski definition) is 8. The average molecular weight is 605 g/mol. The molecule has 2 aromatic rings. The number of esters is 1. The Labute approximate surface area is 251 Å². The van der Waals surface area contributed by atoms with Crippen molar-refractivity contribution in [1.29, 1.82) is 0 Å². The molecule has 3 atom stereocenters. The highest BCUT2D eigenvalue weighted by Gasteiger charge is 2.44. The standard InChI is InChI=1S/C32H48N2O5S2/c1-8-10-16-31(9-2)22-41(36,37)27-19-24(21-32(33,17-18-40-7)29(35)39-30(3,4)5)26(38-6)20-25(27)28(34-31)23-14-12-11-13-15-23/h11-15,19-20,28,34H,8-10,16-18,21-22,33H2,1-7H3/t28-,31-,32-/m1/s1. The second-order valence-corrected chi connectivity index (χ2v) is 15.2. The van der Waals surface area contributed by atoms with Crippen LogP contribution in [0.25, 0.3) is 0 Å². The Kier molecular flexibility index (Phi) is 11.0. The van der Waals surface area contributed by atoms with E-state index in [1.165, 1.54) is 0 Å². The molecule has 0 saturated heterocycles. The van der Waals surface area contributed by atoms with Crippen molar-refractivity contribution in [2.24, 2.45) is 5.73 Å². The molecule has 2 aromatic carbocycles. The van der Waals surface area contributed by atoms with Crippen LogP contribution in [-0.4, -0.2) is 55.9 Å². The van der Waals surface area contributed by atoms with E-state index in [2.05, 4.69) is 19.2 Å². The summed E-state index contributed by atoms with van der Waals surface area (Å²) in [5, 5.41) is 3.80. The summed E-state index contributed by atoms with van der Waals surface area (Å²) >= 11 is 1.59. The first-order chi connectivity index (χ1) is 19.2. The number of fused-ring (bicyclic) bond motifs is 1. The summed E-state index contributed by atoms with van der Waals surface area (Å²) in [7, 11) is -2.16. The van der Waals surface area contributed by atoms with E-state index < -0.39 is 32.5 Å². The number of thioether (sulfide) groups is 1. The number of nitrogens with two attached hydrogens (primary N) is 1. The van der Waals surface area contributed by atoms with Gasteiger partial charge in [0.15, 0.2) is 9.84 Å². The second-order valence-electron chi connectivity index (χ2n) is 12.3. The van der Waals surface area contributed by atoms with Crippen molar-refractivity contribution in [3.8, 4) is 5.75 Å². The van der Waals surface area contributed by atoms with Crippen molar-refractivity contribution >= 4 is 27.6 Å². The number of rotatable bonds is 12. The minimum atomic E-state index is -3.72. The molecule has 3 N–H and O–H groups in total. The highest BCUT2D eigenvalue weighted by atomic mass is 32.2. The quantitative estimate of drug-likeness (QED) is 0.291. The fraction of sp³-hybridized carbons (Fsp3) is 0.594. The molecule has 1 aliphatic rings. The third kappa shape index (κ3) is 8.06. The molecule has 0 unspecified atom stereocenters. The van der Waals surface area contributed by atoms with Crippen molar-refractivity contribution in [3.05, 3.63) is 59.2 Å². The zero-order valence-electron chi connectivity index (χ0n) is 25.7. The van der Waals surface area contributed by atoms with Crippen LogP contribution in [0.15, 0.2) is 47.4 Å². The Hall–Kier alpha value is -2.07. The van der Waals surface area contributed by atoms with Crippen LogP contribution in [-0.2, 0) is 25.8 Å². The summed E-state index contributed by atoms with van der Waals surface area (Å²) in [5.74, 6) is 0.636. The van der Waals surface area contributed by atoms with Gasteiger partial charge < -0.3 is 15.2 Å². The van der Waals surface area contributed by atoms with Crippen LogP contribution in [0.5, 0.6) is 5.75 Å². The zero-order chi connectivity index (χ0) is 30.5. The molecule has 1 heterocycles. The van der Waals surface area contributed by atoms with Crippen molar-refractivity contribution in [2.75, 3.05) is 24.9 Å². The number of benzene rings is 2. The van der Waals surface area contributed by atoms with Crippen LogP contribution < -0.4 is 15.8 Å². The van der Waals surface area contributed by atoms with E-state index in [1.807, 2.05) is 63.4 Å². The number of carbonyl (C=O) groups is 1. The van der Waals surface area contributed by atoms with E-state index in [4.69, 9.17) is 15.2 Å². The predicted octanol–water partition coefficient (Wildman–Crippen LogP) is 5.84. The van der Waals surface area contributed by atoms with Gasteiger partial charge in [0.1, 0.15) is 16.9 Å². The summed E-state index contributed by atoms with van der Waals surface area (Å²) in [6.07, 6.45) is 5.74. The lowest BCUT2D eigenvalue weighted by molar-refractivity contribution is -0.161. The van der Waals surface area contributed by atoms with Gasteiger partial charge in [0.05, 0.1) is 23.8 Å². The van der Waals surface area contributed by atoms with Gasteiger partial charge in [0.25, 0.3) is 0 Å². The third-order valence-corrected chi connectivity index (χ3v) is 10.4. The summed E-state index contributed by atoms with van der Waals surface area (Å²) in [6, 6.07) is 13.1. The maximum absolute atomic E-state index is 14.2. The fourth-order valence-electron chi connectivity index (χ4n) is 5.52. The number of methoxy groups -OCH3 is 1. The maximum Gasteiger partial charge on any atom is 0.327 e. The Bertz CT molecular complexity index is 1290. The highest BCUT2D eigenvalue weighted by Crippen LogP contribution is 2.41. The normalized spacial score (nSPS) is 21.8. The summed E-state index contributed by atoms with van der Waals surface area (Å²) in [6.45, 7) is 9.60. The zero-order valence-corrected chi connectivity index (χ0v) is 27.3. The lowest BCUT2D eigenvalue weighted by atomic mass is 9.86. The molecular weight excluding hydrogens is 556 g/mol. The Morgan fingerprint density at radius 2 is 1.85 bits per heavy atom. The van der Waals surface area contributed by atoms with Crippen molar-refractivity contribution in [2.45, 2.75) is 101 Å². The Balaban J connectivity index is 2.22. The minimum absolute atomic E-state index is 0.00902. The van der Waals surface area contributed by atoms with Crippen molar-refractivity contribution in [3.63, 3.8) is 0 Å². The summed E-state index contributed by atoms with van der Waals surface area (Å²) in [4.78, 5) is 13.7. The summed E-state index contributed by atoms with van der Waals surface area (Å²) < 4.78 is 40.0. The van der Waals surface area contributed by atoms with Crippen LogP contribution in [0, 0.1) is 0 Å². The van der Waals surface area contributed by atoms with Crippen molar-refractivity contribution < 1.29 is 22.7 Å². The van der Waals surface area contributed by atoms with Gasteiger partial charge in [-0.1, -0.05) is 57.0 Å². The van der Waals surface area contributed by atoms with Crippen LogP contribution in [0.1, 0.15) is 89.5 Å². The van der Waals surface area contributed by atoms with E-state index in [0.29, 0.717) is 35.5 Å². The molecule has 0 spiro atoms. The lowest BCUT2D eigenvalue weighted by Crippen LogP contribution is -2.53. The molecule has 9 heteroatoms. The topological polar surface area (TPSA) is 108 Å². The average Bonchev–Trinajstić information content (AvgIpc) is 3.01. The van der Waals surface area contributed by atoms with Gasteiger partial charge in [0.2, 0.25) is 0 Å². The molecule has 0 aliphatic carbocycles. The first kappa shape index (κ1) is 33.4. The van der Waals surface area contributed by atoms with Gasteiger partial charge in [-0.3, -0.25) is 10.1 Å². The molecule has 0 amide bonds. The molecular formula is C32H48N2O5S2. The molecule has 0 aromatic heterocycles. The van der Waals surface area contributed by atoms with Gasteiger partial charge >= 0.3 is 5.97 Å². The molecule has 0 fully saturated rings.